The smallest absolute Gasteiger partial charge is 0.460 e. The number of alkyl halides is 3. The number of halogens is 3. The van der Waals surface area contributed by atoms with E-state index >= 15 is 0 Å². The molecule has 35 heavy (non-hydrogen) atoms. The van der Waals surface area contributed by atoms with Gasteiger partial charge in [0, 0.05) is 18.3 Å². The molecule has 0 fully saturated rings. The van der Waals surface area contributed by atoms with Gasteiger partial charge in [-0.15, -0.1) is 20.4 Å². The average molecular weight is 535 g/mol. The van der Waals surface area contributed by atoms with Gasteiger partial charge in [0.2, 0.25) is 5.01 Å². The summed E-state index contributed by atoms with van der Waals surface area (Å²) in [6.07, 6.45) is 2.98. The molecule has 1 atom stereocenters. The Balaban J connectivity index is 1.95. The predicted octanol–water partition coefficient (Wildman–Crippen LogP) is 5.33. The van der Waals surface area contributed by atoms with Crippen LogP contribution in [0.5, 0.6) is 0 Å². The number of esters is 1. The molecule has 15 heteroatoms. The van der Waals surface area contributed by atoms with Gasteiger partial charge in [-0.2, -0.15) is 21.6 Å². The number of aromatic nitrogens is 2. The van der Waals surface area contributed by atoms with Crippen LogP contribution in [-0.4, -0.2) is 49.3 Å². The first-order valence-electron chi connectivity index (χ1n) is 10.9. The molecule has 0 bridgehead atoms. The number of nitrogens with one attached hydrogen (secondary N) is 1. The number of sulfonamides is 1. The Morgan fingerprint density at radius 3 is 2.69 bits per heavy atom. The first kappa shape index (κ1) is 26.8. The molecule has 0 aliphatic carbocycles. The lowest BCUT2D eigenvalue weighted by Crippen LogP contribution is -2.37. The Hall–Kier alpha value is -2.81. The van der Waals surface area contributed by atoms with E-state index in [1.165, 1.54) is 12.1 Å². The van der Waals surface area contributed by atoms with Crippen molar-refractivity contribution in [3.63, 3.8) is 0 Å². The molecular weight excluding hydrogens is 509 g/mol. The minimum absolute atomic E-state index is 0.0430. The highest BCUT2D eigenvalue weighted by molar-refractivity contribution is 7.93. The number of carbonyl (C=O) groups is 1. The molecule has 2 aromatic rings. The third kappa shape index (κ3) is 6.25. The van der Waals surface area contributed by atoms with Gasteiger partial charge in [0.25, 0.3) is 5.13 Å². The van der Waals surface area contributed by atoms with Crippen molar-refractivity contribution >= 4 is 49.5 Å². The molecule has 0 amide bonds. The van der Waals surface area contributed by atoms with Crippen LogP contribution in [-0.2, 0) is 21.2 Å². The molecule has 1 aromatic heterocycles. The summed E-state index contributed by atoms with van der Waals surface area (Å²) in [6.45, 7) is 6.65. The van der Waals surface area contributed by atoms with Crippen molar-refractivity contribution in [3.05, 3.63) is 22.7 Å². The zero-order chi connectivity index (χ0) is 25.8. The number of fused-ring (bicyclic) bond motifs is 1. The Morgan fingerprint density at radius 1 is 1.29 bits per heavy atom. The lowest BCUT2D eigenvalue weighted by Gasteiger charge is -2.36. The van der Waals surface area contributed by atoms with Crippen molar-refractivity contribution in [1.29, 1.82) is 0 Å². The molecule has 1 aliphatic rings. The molecule has 3 rings (SSSR count). The minimum Gasteiger partial charge on any atom is -0.460 e. The SMILES string of the molecule is CCCCOC(=O)c1nnc(N=Nc2cc3c(cc2NS(=O)(=O)C(F)(F)F)N(CC)C(C)CC3)s1. The van der Waals surface area contributed by atoms with E-state index in [9.17, 15) is 26.4 Å². The maximum atomic E-state index is 13.1. The summed E-state index contributed by atoms with van der Waals surface area (Å²) in [5.41, 5.74) is -4.59. The maximum absolute atomic E-state index is 13.1. The second-order valence-corrected chi connectivity index (χ2v) is 10.4. The molecular formula is C20H25F3N6O4S2. The molecule has 2 heterocycles. The maximum Gasteiger partial charge on any atom is 0.516 e. The number of aryl methyl sites for hydroxylation is 1. The van der Waals surface area contributed by atoms with Gasteiger partial charge in [-0.1, -0.05) is 24.7 Å². The number of unbranched alkanes of at least 4 members (excludes halogenated alkanes) is 1. The van der Waals surface area contributed by atoms with Gasteiger partial charge in [-0.25, -0.2) is 4.79 Å². The summed E-state index contributed by atoms with van der Waals surface area (Å²) in [4.78, 5) is 14.0. The molecule has 1 aliphatic heterocycles. The fourth-order valence-corrected chi connectivity index (χ4v) is 4.63. The largest absolute Gasteiger partial charge is 0.516 e. The van der Waals surface area contributed by atoms with Crippen LogP contribution >= 0.6 is 11.3 Å². The third-order valence-corrected chi connectivity index (χ3v) is 7.21. The number of rotatable bonds is 9. The van der Waals surface area contributed by atoms with Gasteiger partial charge in [-0.3, -0.25) is 4.72 Å². The van der Waals surface area contributed by atoms with Crippen molar-refractivity contribution in [2.45, 2.75) is 58.0 Å². The van der Waals surface area contributed by atoms with Crippen LogP contribution in [0, 0.1) is 0 Å². The quantitative estimate of drug-likeness (QED) is 0.262. The Kier molecular flexibility index (Phi) is 8.30. The van der Waals surface area contributed by atoms with Crippen LogP contribution in [0.3, 0.4) is 0 Å². The molecule has 0 spiro atoms. The minimum atomic E-state index is -5.70. The summed E-state index contributed by atoms with van der Waals surface area (Å²) < 4.78 is 69.5. The molecule has 0 saturated heterocycles. The highest BCUT2D eigenvalue weighted by Gasteiger charge is 2.46. The number of azo groups is 1. The van der Waals surface area contributed by atoms with E-state index in [4.69, 9.17) is 4.74 Å². The fourth-order valence-electron chi connectivity index (χ4n) is 3.50. The van der Waals surface area contributed by atoms with Crippen LogP contribution in [0.4, 0.5) is 35.4 Å². The first-order chi connectivity index (χ1) is 16.5. The van der Waals surface area contributed by atoms with Crippen molar-refractivity contribution in [3.8, 4) is 0 Å². The van der Waals surface area contributed by atoms with Crippen molar-refractivity contribution in [2.75, 3.05) is 22.8 Å². The average Bonchev–Trinajstić information content (AvgIpc) is 3.26. The summed E-state index contributed by atoms with van der Waals surface area (Å²) >= 11 is 0.791. The van der Waals surface area contributed by atoms with E-state index in [0.29, 0.717) is 25.1 Å². The normalized spacial score (nSPS) is 16.4. The summed E-state index contributed by atoms with van der Waals surface area (Å²) in [5, 5.41) is 15.1. The topological polar surface area (TPSA) is 126 Å². The monoisotopic (exact) mass is 534 g/mol. The predicted molar refractivity (Wildman–Crippen MR) is 125 cm³/mol. The fraction of sp³-hybridized carbons (Fsp3) is 0.550. The number of benzene rings is 1. The van der Waals surface area contributed by atoms with Crippen molar-refractivity contribution in [1.82, 2.24) is 10.2 Å². The van der Waals surface area contributed by atoms with Gasteiger partial charge in [0.1, 0.15) is 5.69 Å². The molecule has 10 nitrogen and oxygen atoms in total. The highest BCUT2D eigenvalue weighted by Crippen LogP contribution is 2.40. The van der Waals surface area contributed by atoms with Crippen LogP contribution in [0.15, 0.2) is 22.4 Å². The molecule has 1 N–H and O–H groups in total. The second-order valence-electron chi connectivity index (χ2n) is 7.80. The van der Waals surface area contributed by atoms with E-state index in [2.05, 4.69) is 20.4 Å². The third-order valence-electron chi connectivity index (χ3n) is 5.32. The lowest BCUT2D eigenvalue weighted by molar-refractivity contribution is -0.0429. The highest BCUT2D eigenvalue weighted by atomic mass is 32.2. The van der Waals surface area contributed by atoms with Crippen LogP contribution in [0.25, 0.3) is 0 Å². The van der Waals surface area contributed by atoms with Crippen LogP contribution in [0.1, 0.15) is 55.4 Å². The van der Waals surface area contributed by atoms with Gasteiger partial charge >= 0.3 is 21.5 Å². The summed E-state index contributed by atoms with van der Waals surface area (Å²) in [7, 11) is -5.70. The van der Waals surface area contributed by atoms with E-state index in [1.54, 1.807) is 4.72 Å². The molecule has 0 radical (unpaired) electrons. The van der Waals surface area contributed by atoms with E-state index in [1.807, 2.05) is 25.7 Å². The lowest BCUT2D eigenvalue weighted by atomic mass is 9.95. The van der Waals surface area contributed by atoms with E-state index < -0.39 is 21.5 Å². The second kappa shape index (κ2) is 10.8. The van der Waals surface area contributed by atoms with Gasteiger partial charge in [0.05, 0.1) is 12.3 Å². The molecule has 0 saturated carbocycles. The van der Waals surface area contributed by atoms with Crippen molar-refractivity contribution < 1.29 is 31.1 Å². The standard InChI is InChI=1S/C20H25F3N6O4S2/c1-4-6-9-33-18(30)17-25-27-19(34-17)26-24-14-10-13-8-7-12(3)29(5-2)16(13)11-15(14)28-35(31,32)20(21,22)23/h10-12,28H,4-9H2,1-3H3. The first-order valence-corrected chi connectivity index (χ1v) is 13.2. The molecule has 1 unspecified atom stereocenters. The number of carbonyl (C=O) groups excluding carboxylic acids is 1. The summed E-state index contributed by atoms with van der Waals surface area (Å²) in [5.74, 6) is -0.668. The summed E-state index contributed by atoms with van der Waals surface area (Å²) in [6, 6.07) is 2.97. The van der Waals surface area contributed by atoms with Crippen molar-refractivity contribution in [2.24, 2.45) is 10.2 Å². The zero-order valence-electron chi connectivity index (χ0n) is 19.3. The van der Waals surface area contributed by atoms with Crippen LogP contribution < -0.4 is 9.62 Å². The van der Waals surface area contributed by atoms with Gasteiger partial charge < -0.3 is 9.64 Å². The van der Waals surface area contributed by atoms with Crippen LogP contribution in [0.2, 0.25) is 0 Å². The number of anilines is 2. The molecule has 192 valence electrons. The van der Waals surface area contributed by atoms with E-state index in [0.717, 1.165) is 29.7 Å². The number of nitrogens with zero attached hydrogens (tertiary/aromatic N) is 5. The van der Waals surface area contributed by atoms with Gasteiger partial charge in [-0.05, 0) is 50.8 Å². The number of ether oxygens (including phenoxy) is 1. The molecule has 1 aromatic carbocycles. The Morgan fingerprint density at radius 2 is 2.03 bits per heavy atom. The Labute approximate surface area is 204 Å². The zero-order valence-corrected chi connectivity index (χ0v) is 20.9. The number of hydrogen-bond acceptors (Lipinski definition) is 10. The van der Waals surface area contributed by atoms with E-state index in [-0.39, 0.29) is 34.2 Å². The number of hydrogen-bond donors (Lipinski definition) is 1. The van der Waals surface area contributed by atoms with Gasteiger partial charge in [0.15, 0.2) is 0 Å². The Bertz CT molecular complexity index is 1200.